The van der Waals surface area contributed by atoms with Crippen molar-refractivity contribution in [3.05, 3.63) is 24.0 Å². The topological polar surface area (TPSA) is 54.4 Å². The minimum absolute atomic E-state index is 0.134. The minimum Gasteiger partial charge on any atom is -0.495 e. The molecule has 1 saturated carbocycles. The maximum atomic E-state index is 9.69. The first kappa shape index (κ1) is 16.4. The number of methoxy groups -OCH3 is 1. The van der Waals surface area contributed by atoms with Gasteiger partial charge in [0.25, 0.3) is 0 Å². The lowest BCUT2D eigenvalue weighted by molar-refractivity contribution is 0.0227. The van der Waals surface area contributed by atoms with Crippen LogP contribution in [-0.2, 0) is 0 Å². The van der Waals surface area contributed by atoms with E-state index < -0.39 is 0 Å². The molecule has 1 aromatic heterocycles. The van der Waals surface area contributed by atoms with Gasteiger partial charge in [-0.2, -0.15) is 23.5 Å². The van der Waals surface area contributed by atoms with Gasteiger partial charge >= 0.3 is 0 Å². The van der Waals surface area contributed by atoms with Crippen molar-refractivity contribution in [1.29, 1.82) is 0 Å². The maximum Gasteiger partial charge on any atom is 0.137 e. The van der Waals surface area contributed by atoms with Crippen molar-refractivity contribution >= 4 is 23.5 Å². The van der Waals surface area contributed by atoms with E-state index in [1.807, 2.05) is 29.7 Å². The van der Waals surface area contributed by atoms with Crippen LogP contribution in [0.3, 0.4) is 0 Å². The Morgan fingerprint density at radius 2 is 2.00 bits per heavy atom. The zero-order valence-corrected chi connectivity index (χ0v) is 14.5. The van der Waals surface area contributed by atoms with Crippen molar-refractivity contribution in [3.63, 3.8) is 0 Å². The first-order valence-electron chi connectivity index (χ1n) is 7.85. The molecule has 2 fully saturated rings. The Morgan fingerprint density at radius 3 is 2.64 bits per heavy atom. The second-order valence-electron chi connectivity index (χ2n) is 6.03. The molecule has 3 rings (SSSR count). The lowest BCUT2D eigenvalue weighted by atomic mass is 9.75. The number of thioether (sulfide) groups is 2. The lowest BCUT2D eigenvalue weighted by Crippen LogP contribution is -2.44. The highest BCUT2D eigenvalue weighted by atomic mass is 32.2. The van der Waals surface area contributed by atoms with Crippen molar-refractivity contribution in [2.24, 2.45) is 5.92 Å². The molecule has 1 aliphatic heterocycles. The van der Waals surface area contributed by atoms with Gasteiger partial charge in [-0.3, -0.25) is 4.98 Å². The molecule has 0 spiro atoms. The number of rotatable bonds is 5. The highest BCUT2D eigenvalue weighted by molar-refractivity contribution is 8.03. The fraction of sp³-hybridized carbons (Fsp3) is 0.688. The summed E-state index contributed by atoms with van der Waals surface area (Å²) in [6.07, 6.45) is 5.30. The van der Waals surface area contributed by atoms with E-state index in [-0.39, 0.29) is 12.1 Å². The number of nitrogens with one attached hydrogen (secondary N) is 1. The van der Waals surface area contributed by atoms with Gasteiger partial charge in [-0.15, -0.1) is 0 Å². The third kappa shape index (κ3) is 4.10. The minimum atomic E-state index is -0.134. The van der Waals surface area contributed by atoms with Crippen LogP contribution < -0.4 is 10.1 Å². The van der Waals surface area contributed by atoms with Crippen molar-refractivity contribution < 1.29 is 9.84 Å². The van der Waals surface area contributed by atoms with E-state index in [0.29, 0.717) is 12.0 Å². The zero-order chi connectivity index (χ0) is 15.4. The van der Waals surface area contributed by atoms with Gasteiger partial charge in [-0.05, 0) is 30.4 Å². The molecule has 1 unspecified atom stereocenters. The van der Waals surface area contributed by atoms with Gasteiger partial charge in [0.2, 0.25) is 0 Å². The smallest absolute Gasteiger partial charge is 0.137 e. The van der Waals surface area contributed by atoms with E-state index in [9.17, 15) is 5.11 Å². The van der Waals surface area contributed by atoms with Gasteiger partial charge in [0.15, 0.2) is 0 Å². The van der Waals surface area contributed by atoms with Gasteiger partial charge < -0.3 is 15.2 Å². The van der Waals surface area contributed by atoms with Crippen LogP contribution >= 0.6 is 23.5 Å². The van der Waals surface area contributed by atoms with Crippen LogP contribution in [0.1, 0.15) is 24.4 Å². The molecule has 1 saturated heterocycles. The number of nitrogens with zero attached hydrogens (tertiary/aromatic N) is 1. The Balaban J connectivity index is 1.74. The molecule has 0 radical (unpaired) electrons. The fourth-order valence-electron chi connectivity index (χ4n) is 3.09. The number of ether oxygens (including phenoxy) is 1. The first-order chi connectivity index (χ1) is 10.8. The van der Waals surface area contributed by atoms with Crippen LogP contribution in [0.2, 0.25) is 0 Å². The molecular weight excluding hydrogens is 316 g/mol. The normalized spacial score (nSPS) is 27.7. The van der Waals surface area contributed by atoms with Gasteiger partial charge in [0.1, 0.15) is 5.75 Å². The summed E-state index contributed by atoms with van der Waals surface area (Å²) >= 11 is 4.07. The molecule has 122 valence electrons. The molecule has 1 aromatic rings. The second kappa shape index (κ2) is 7.90. The van der Waals surface area contributed by atoms with E-state index in [1.54, 1.807) is 13.3 Å². The van der Waals surface area contributed by atoms with Crippen LogP contribution in [0.25, 0.3) is 0 Å². The number of aliphatic hydroxyl groups is 1. The molecule has 1 aliphatic carbocycles. The monoisotopic (exact) mass is 340 g/mol. The summed E-state index contributed by atoms with van der Waals surface area (Å²) in [6, 6.07) is 2.86. The Bertz CT molecular complexity index is 475. The average Bonchev–Trinajstić information content (AvgIpc) is 2.78. The van der Waals surface area contributed by atoms with Crippen molar-refractivity contribution in [2.45, 2.75) is 31.0 Å². The summed E-state index contributed by atoms with van der Waals surface area (Å²) in [5, 5.41) is 13.5. The Labute approximate surface area is 140 Å². The van der Waals surface area contributed by atoms with Crippen molar-refractivity contribution in [2.75, 3.05) is 30.1 Å². The summed E-state index contributed by atoms with van der Waals surface area (Å²) in [4.78, 5) is 4.31. The molecule has 1 atom stereocenters. The highest BCUT2D eigenvalue weighted by Crippen LogP contribution is 2.39. The largest absolute Gasteiger partial charge is 0.495 e. The van der Waals surface area contributed by atoms with Gasteiger partial charge in [0.05, 0.1) is 19.4 Å². The maximum absolute atomic E-state index is 9.69. The van der Waals surface area contributed by atoms with Crippen LogP contribution in [-0.4, -0.2) is 52.4 Å². The summed E-state index contributed by atoms with van der Waals surface area (Å²) < 4.78 is 5.32. The quantitative estimate of drug-likeness (QED) is 0.858. The van der Waals surface area contributed by atoms with Gasteiger partial charge in [0, 0.05) is 41.3 Å². The molecule has 6 heteroatoms. The predicted molar refractivity (Wildman–Crippen MR) is 93.8 cm³/mol. The van der Waals surface area contributed by atoms with Gasteiger partial charge in [-0.1, -0.05) is 0 Å². The van der Waals surface area contributed by atoms with Crippen LogP contribution in [0.5, 0.6) is 5.75 Å². The van der Waals surface area contributed by atoms with Crippen molar-refractivity contribution in [3.8, 4) is 5.75 Å². The average molecular weight is 341 g/mol. The Morgan fingerprint density at radius 1 is 1.27 bits per heavy atom. The molecule has 22 heavy (non-hydrogen) atoms. The van der Waals surface area contributed by atoms with E-state index >= 15 is 0 Å². The number of aromatic nitrogens is 1. The summed E-state index contributed by atoms with van der Waals surface area (Å²) in [5.74, 6) is 6.11. The summed E-state index contributed by atoms with van der Waals surface area (Å²) in [5.41, 5.74) is 1.18. The van der Waals surface area contributed by atoms with Crippen LogP contribution in [0.15, 0.2) is 18.5 Å². The number of hydrogen-bond acceptors (Lipinski definition) is 6. The number of hydrogen-bond donors (Lipinski definition) is 2. The first-order valence-corrected chi connectivity index (χ1v) is 10.2. The number of aliphatic hydroxyl groups excluding tert-OH is 1. The highest BCUT2D eigenvalue weighted by Gasteiger charge is 2.36. The number of pyridine rings is 1. The molecule has 2 heterocycles. The molecular formula is C16H24N2O2S2. The van der Waals surface area contributed by atoms with E-state index in [0.717, 1.165) is 30.1 Å². The SMILES string of the molecule is COc1cncc(C(NC2CSCCSC2)C2CC(O)C2)c1. The second-order valence-corrected chi connectivity index (χ2v) is 8.33. The van der Waals surface area contributed by atoms with E-state index in [4.69, 9.17) is 4.74 Å². The summed E-state index contributed by atoms with van der Waals surface area (Å²) in [7, 11) is 1.68. The standard InChI is InChI=1S/C16H24N2O2S2/c1-20-15-6-12(7-17-8-15)16(11-4-14(19)5-11)18-13-9-21-2-3-22-10-13/h6-8,11,13-14,16,18-19H,2-5,9-10H2,1H3. The third-order valence-corrected chi connectivity index (χ3v) is 6.90. The van der Waals surface area contributed by atoms with E-state index in [2.05, 4.69) is 16.4 Å². The third-order valence-electron chi connectivity index (χ3n) is 4.38. The lowest BCUT2D eigenvalue weighted by Gasteiger charge is -2.40. The summed E-state index contributed by atoms with van der Waals surface area (Å²) in [6.45, 7) is 0. The zero-order valence-electron chi connectivity index (χ0n) is 12.9. The molecule has 2 aliphatic rings. The predicted octanol–water partition coefficient (Wildman–Crippen LogP) is 2.34. The Hall–Kier alpha value is -0.430. The Kier molecular flexibility index (Phi) is 5.90. The van der Waals surface area contributed by atoms with Crippen molar-refractivity contribution in [1.82, 2.24) is 10.3 Å². The molecule has 2 N–H and O–H groups in total. The molecule has 0 aromatic carbocycles. The van der Waals surface area contributed by atoms with Crippen LogP contribution in [0, 0.1) is 5.92 Å². The molecule has 0 bridgehead atoms. The van der Waals surface area contributed by atoms with Gasteiger partial charge in [-0.25, -0.2) is 0 Å². The van der Waals surface area contributed by atoms with Crippen LogP contribution in [0.4, 0.5) is 0 Å². The van der Waals surface area contributed by atoms with E-state index in [1.165, 1.54) is 17.1 Å². The molecule has 4 nitrogen and oxygen atoms in total. The fourth-order valence-corrected chi connectivity index (χ4v) is 5.51. The molecule has 0 amide bonds.